The van der Waals surface area contributed by atoms with E-state index in [9.17, 15) is 9.59 Å². The number of carbonyl (C=O) groups excluding carboxylic acids is 2. The number of hydrogen-bond acceptors (Lipinski definition) is 2. The summed E-state index contributed by atoms with van der Waals surface area (Å²) in [4.78, 5) is 29.0. The van der Waals surface area contributed by atoms with Crippen molar-refractivity contribution in [3.8, 4) is 0 Å². The van der Waals surface area contributed by atoms with Crippen LogP contribution in [-0.4, -0.2) is 11.8 Å². The summed E-state index contributed by atoms with van der Waals surface area (Å²) in [6.45, 7) is 4.42. The first-order valence-electron chi connectivity index (χ1n) is 11.5. The second-order valence-electron chi connectivity index (χ2n) is 9.44. The maximum absolute atomic E-state index is 13.9. The molecule has 0 spiro atoms. The summed E-state index contributed by atoms with van der Waals surface area (Å²) in [5.74, 6) is -1.02. The van der Waals surface area contributed by atoms with Crippen LogP contribution in [0.25, 0.3) is 0 Å². The highest BCUT2D eigenvalue weighted by Gasteiger charge is 2.62. The molecule has 5 atom stereocenters. The molecule has 0 unspecified atom stereocenters. The molecule has 5 heteroatoms. The molecule has 0 aromatic heterocycles. The molecule has 1 fully saturated rings. The Morgan fingerprint density at radius 1 is 0.818 bits per heavy atom. The zero-order valence-electron chi connectivity index (χ0n) is 18.4. The first-order chi connectivity index (χ1) is 15.9. The van der Waals surface area contributed by atoms with E-state index in [0.29, 0.717) is 21.7 Å². The van der Waals surface area contributed by atoms with Crippen molar-refractivity contribution in [1.29, 1.82) is 0 Å². The Kier molecular flexibility index (Phi) is 4.73. The van der Waals surface area contributed by atoms with Gasteiger partial charge in [-0.15, -0.1) is 0 Å². The molecule has 2 amide bonds. The molecule has 1 heterocycles. The molecule has 0 N–H and O–H groups in total. The standard InChI is InChI=1S/C28H23Cl2NO2/c1-3-14(2)15-8-10-19-20(12-15)24-18-7-5-4-6-17(18)23(19)25-26(24)28(33)31(27(25)32)22-11-9-16(29)13-21(22)30/h4-14,23-26H,3H2,1-2H3/t14-,23-,24-,25-,26+/m0/s1. The maximum Gasteiger partial charge on any atom is 0.238 e. The summed E-state index contributed by atoms with van der Waals surface area (Å²) in [7, 11) is 0. The van der Waals surface area contributed by atoms with Gasteiger partial charge in [-0.3, -0.25) is 9.59 Å². The van der Waals surface area contributed by atoms with Crippen LogP contribution in [0.1, 0.15) is 65.8 Å². The van der Waals surface area contributed by atoms with E-state index in [1.807, 2.05) is 12.1 Å². The zero-order valence-corrected chi connectivity index (χ0v) is 19.9. The van der Waals surface area contributed by atoms with E-state index < -0.39 is 11.8 Å². The number of benzene rings is 3. The van der Waals surface area contributed by atoms with Crippen molar-refractivity contribution in [2.75, 3.05) is 4.90 Å². The monoisotopic (exact) mass is 475 g/mol. The molecule has 166 valence electrons. The van der Waals surface area contributed by atoms with Gasteiger partial charge < -0.3 is 0 Å². The molecule has 7 rings (SSSR count). The third-order valence-electron chi connectivity index (χ3n) is 7.90. The number of rotatable bonds is 3. The minimum atomic E-state index is -0.427. The van der Waals surface area contributed by atoms with Crippen LogP contribution in [0.5, 0.6) is 0 Å². The van der Waals surface area contributed by atoms with E-state index in [1.54, 1.807) is 18.2 Å². The average molecular weight is 476 g/mol. The lowest BCUT2D eigenvalue weighted by Gasteiger charge is -2.46. The molecule has 4 aliphatic rings. The Bertz CT molecular complexity index is 1330. The minimum absolute atomic E-state index is 0.135. The summed E-state index contributed by atoms with van der Waals surface area (Å²) < 4.78 is 0. The van der Waals surface area contributed by atoms with Gasteiger partial charge in [-0.05, 0) is 58.4 Å². The molecule has 3 aromatic carbocycles. The predicted octanol–water partition coefficient (Wildman–Crippen LogP) is 6.90. The first kappa shape index (κ1) is 20.9. The van der Waals surface area contributed by atoms with Crippen LogP contribution in [0.2, 0.25) is 10.0 Å². The molecule has 0 saturated carbocycles. The Hall–Kier alpha value is -2.62. The van der Waals surface area contributed by atoms with Crippen molar-refractivity contribution < 1.29 is 9.59 Å². The number of anilines is 1. The number of halogens is 2. The van der Waals surface area contributed by atoms with Gasteiger partial charge in [0.2, 0.25) is 11.8 Å². The lowest BCUT2D eigenvalue weighted by atomic mass is 9.54. The van der Waals surface area contributed by atoms with Crippen molar-refractivity contribution in [2.45, 2.75) is 38.0 Å². The van der Waals surface area contributed by atoms with Gasteiger partial charge in [-0.1, -0.05) is 79.5 Å². The average Bonchev–Trinajstić information content (AvgIpc) is 3.09. The van der Waals surface area contributed by atoms with E-state index in [1.165, 1.54) is 27.2 Å². The summed E-state index contributed by atoms with van der Waals surface area (Å²) >= 11 is 12.5. The summed E-state index contributed by atoms with van der Waals surface area (Å²) in [6, 6.07) is 19.9. The molecule has 1 saturated heterocycles. The Morgan fingerprint density at radius 3 is 2.03 bits per heavy atom. The van der Waals surface area contributed by atoms with Gasteiger partial charge in [-0.2, -0.15) is 0 Å². The fraction of sp³-hybridized carbons (Fsp3) is 0.286. The highest BCUT2D eigenvalue weighted by atomic mass is 35.5. The third-order valence-corrected chi connectivity index (χ3v) is 8.43. The Labute approximate surface area is 203 Å². The van der Waals surface area contributed by atoms with Gasteiger partial charge in [-0.25, -0.2) is 4.90 Å². The van der Waals surface area contributed by atoms with Gasteiger partial charge in [0, 0.05) is 16.9 Å². The normalized spacial score (nSPS) is 25.6. The van der Waals surface area contributed by atoms with E-state index in [0.717, 1.165) is 12.0 Å². The summed E-state index contributed by atoms with van der Waals surface area (Å²) in [5.41, 5.74) is 6.41. The van der Waals surface area contributed by atoms with Crippen LogP contribution in [0.15, 0.2) is 60.7 Å². The Balaban J connectivity index is 1.55. The number of hydrogen-bond donors (Lipinski definition) is 0. The van der Waals surface area contributed by atoms with E-state index >= 15 is 0 Å². The highest BCUT2D eigenvalue weighted by molar-refractivity contribution is 6.38. The lowest BCUT2D eigenvalue weighted by molar-refractivity contribution is -0.122. The smallest absolute Gasteiger partial charge is 0.238 e. The second-order valence-corrected chi connectivity index (χ2v) is 10.3. The van der Waals surface area contributed by atoms with Crippen LogP contribution >= 0.6 is 23.2 Å². The fourth-order valence-corrected chi connectivity index (χ4v) is 6.68. The fourth-order valence-electron chi connectivity index (χ4n) is 6.19. The van der Waals surface area contributed by atoms with Crippen LogP contribution in [0.4, 0.5) is 5.69 Å². The van der Waals surface area contributed by atoms with Gasteiger partial charge in [0.25, 0.3) is 0 Å². The molecular formula is C28H23Cl2NO2. The SMILES string of the molecule is CC[C@H](C)c1ccc2c(c1)[C@@H]1c3ccccc3[C@@H]2[C@@H]2C(=O)N(c3ccc(Cl)cc3Cl)C(=O)[C@H]12. The van der Waals surface area contributed by atoms with Gasteiger partial charge in [0.05, 0.1) is 22.5 Å². The molecule has 0 radical (unpaired) electrons. The van der Waals surface area contributed by atoms with Crippen LogP contribution in [0, 0.1) is 11.8 Å². The van der Waals surface area contributed by atoms with Gasteiger partial charge in [0.1, 0.15) is 0 Å². The molecule has 3 aliphatic carbocycles. The number of amides is 2. The van der Waals surface area contributed by atoms with Crippen LogP contribution in [0.3, 0.4) is 0 Å². The van der Waals surface area contributed by atoms with Crippen molar-refractivity contribution >= 4 is 40.7 Å². The number of carbonyl (C=O) groups is 2. The zero-order chi connectivity index (χ0) is 23.0. The van der Waals surface area contributed by atoms with Gasteiger partial charge in [0.15, 0.2) is 0 Å². The molecule has 3 aromatic rings. The van der Waals surface area contributed by atoms with Crippen LogP contribution < -0.4 is 4.90 Å². The van der Waals surface area contributed by atoms with Crippen molar-refractivity contribution in [2.24, 2.45) is 11.8 Å². The van der Waals surface area contributed by atoms with Crippen molar-refractivity contribution in [3.63, 3.8) is 0 Å². The number of imide groups is 1. The summed E-state index contributed by atoms with van der Waals surface area (Å²) in [6.07, 6.45) is 1.05. The maximum atomic E-state index is 13.9. The highest BCUT2D eigenvalue weighted by Crippen LogP contribution is 2.61. The predicted molar refractivity (Wildman–Crippen MR) is 131 cm³/mol. The lowest BCUT2D eigenvalue weighted by Crippen LogP contribution is -2.41. The Morgan fingerprint density at radius 2 is 1.42 bits per heavy atom. The van der Waals surface area contributed by atoms with Gasteiger partial charge >= 0.3 is 0 Å². The van der Waals surface area contributed by atoms with Crippen molar-refractivity contribution in [3.05, 3.63) is 98.5 Å². The van der Waals surface area contributed by atoms with E-state index in [2.05, 4.69) is 44.2 Å². The minimum Gasteiger partial charge on any atom is -0.274 e. The molecular weight excluding hydrogens is 453 g/mol. The molecule has 2 bridgehead atoms. The quantitative estimate of drug-likeness (QED) is 0.386. The second kappa shape index (κ2) is 7.44. The van der Waals surface area contributed by atoms with Crippen molar-refractivity contribution in [1.82, 2.24) is 0 Å². The first-order valence-corrected chi connectivity index (χ1v) is 12.2. The van der Waals surface area contributed by atoms with E-state index in [-0.39, 0.29) is 23.7 Å². The van der Waals surface area contributed by atoms with E-state index in [4.69, 9.17) is 23.2 Å². The molecule has 3 nitrogen and oxygen atoms in total. The summed E-state index contributed by atoms with van der Waals surface area (Å²) in [5, 5.41) is 0.780. The molecule has 33 heavy (non-hydrogen) atoms. The van der Waals surface area contributed by atoms with Crippen LogP contribution in [-0.2, 0) is 9.59 Å². The topological polar surface area (TPSA) is 37.4 Å². The largest absolute Gasteiger partial charge is 0.274 e. The molecule has 1 aliphatic heterocycles. The number of nitrogens with zero attached hydrogens (tertiary/aromatic N) is 1. The third kappa shape index (κ3) is 2.82.